The van der Waals surface area contributed by atoms with Crippen LogP contribution in [-0.2, 0) is 6.61 Å². The fourth-order valence-corrected chi connectivity index (χ4v) is 1.46. The highest BCUT2D eigenvalue weighted by molar-refractivity contribution is 9.10. The van der Waals surface area contributed by atoms with Gasteiger partial charge >= 0.3 is 0 Å². The molecule has 0 saturated carbocycles. The molecule has 1 rings (SSSR count). The van der Waals surface area contributed by atoms with E-state index < -0.39 is 18.6 Å². The van der Waals surface area contributed by atoms with Crippen molar-refractivity contribution in [2.75, 3.05) is 0 Å². The summed E-state index contributed by atoms with van der Waals surface area (Å²) in [6, 6.07) is 0. The molecular formula is C7H6BrF2NO2. The summed E-state index contributed by atoms with van der Waals surface area (Å²) in [5.74, 6) is 0. The Morgan fingerprint density at radius 1 is 1.62 bits per heavy atom. The SMILES string of the molecule is O=c1[nH]cc(C(F)F)c(Br)c1CO. The number of aliphatic hydroxyl groups excluding tert-OH is 1. The molecule has 0 amide bonds. The summed E-state index contributed by atoms with van der Waals surface area (Å²) in [4.78, 5) is 13.1. The number of aliphatic hydroxyl groups is 1. The van der Waals surface area contributed by atoms with Crippen molar-refractivity contribution < 1.29 is 13.9 Å². The van der Waals surface area contributed by atoms with Crippen LogP contribution in [0.4, 0.5) is 8.78 Å². The van der Waals surface area contributed by atoms with E-state index in [0.29, 0.717) is 0 Å². The molecule has 2 N–H and O–H groups in total. The van der Waals surface area contributed by atoms with Crippen molar-refractivity contribution in [1.29, 1.82) is 0 Å². The number of nitrogens with one attached hydrogen (secondary N) is 1. The molecule has 0 aliphatic heterocycles. The summed E-state index contributed by atoms with van der Waals surface area (Å²) in [5.41, 5.74) is -0.986. The molecule has 0 spiro atoms. The van der Waals surface area contributed by atoms with Gasteiger partial charge in [0.15, 0.2) is 0 Å². The highest BCUT2D eigenvalue weighted by Gasteiger charge is 2.16. The Morgan fingerprint density at radius 3 is 2.69 bits per heavy atom. The third-order valence-corrected chi connectivity index (χ3v) is 2.48. The topological polar surface area (TPSA) is 53.1 Å². The molecule has 0 fully saturated rings. The molecular weight excluding hydrogens is 248 g/mol. The van der Waals surface area contributed by atoms with E-state index in [4.69, 9.17) is 5.11 Å². The molecule has 0 saturated heterocycles. The van der Waals surface area contributed by atoms with Gasteiger partial charge in [-0.15, -0.1) is 0 Å². The predicted octanol–water partition coefficient (Wildman–Crippen LogP) is 1.57. The van der Waals surface area contributed by atoms with Gasteiger partial charge in [0, 0.05) is 16.2 Å². The summed E-state index contributed by atoms with van der Waals surface area (Å²) in [6.45, 7) is -0.573. The van der Waals surface area contributed by atoms with Crippen LogP contribution in [0, 0.1) is 0 Å². The van der Waals surface area contributed by atoms with E-state index in [1.54, 1.807) is 0 Å². The molecule has 0 radical (unpaired) electrons. The molecule has 13 heavy (non-hydrogen) atoms. The number of halogens is 3. The van der Waals surface area contributed by atoms with E-state index in [9.17, 15) is 13.6 Å². The Labute approximate surface area is 80.5 Å². The first kappa shape index (κ1) is 10.3. The van der Waals surface area contributed by atoms with Gasteiger partial charge in [0.1, 0.15) is 0 Å². The second kappa shape index (κ2) is 3.97. The van der Waals surface area contributed by atoms with E-state index >= 15 is 0 Å². The van der Waals surface area contributed by atoms with Gasteiger partial charge in [-0.05, 0) is 15.9 Å². The molecule has 0 aromatic carbocycles. The third-order valence-electron chi connectivity index (χ3n) is 1.54. The summed E-state index contributed by atoms with van der Waals surface area (Å²) in [6.07, 6.45) is -1.76. The Morgan fingerprint density at radius 2 is 2.23 bits per heavy atom. The fraction of sp³-hybridized carbons (Fsp3) is 0.286. The maximum Gasteiger partial charge on any atom is 0.266 e. The molecule has 0 atom stereocenters. The van der Waals surface area contributed by atoms with Crippen molar-refractivity contribution in [3.63, 3.8) is 0 Å². The number of hydrogen-bond donors (Lipinski definition) is 2. The monoisotopic (exact) mass is 253 g/mol. The van der Waals surface area contributed by atoms with Crippen molar-refractivity contribution in [3.05, 3.63) is 32.2 Å². The predicted molar refractivity (Wildman–Crippen MR) is 45.6 cm³/mol. The first-order valence-corrected chi connectivity index (χ1v) is 4.16. The van der Waals surface area contributed by atoms with Crippen LogP contribution in [0.2, 0.25) is 0 Å². The molecule has 0 unspecified atom stereocenters. The van der Waals surface area contributed by atoms with Gasteiger partial charge in [-0.3, -0.25) is 4.79 Å². The highest BCUT2D eigenvalue weighted by Crippen LogP contribution is 2.27. The maximum atomic E-state index is 12.2. The van der Waals surface area contributed by atoms with Crippen LogP contribution in [0.3, 0.4) is 0 Å². The van der Waals surface area contributed by atoms with Gasteiger partial charge in [0.2, 0.25) is 0 Å². The number of aromatic nitrogens is 1. The zero-order chi connectivity index (χ0) is 10.0. The van der Waals surface area contributed by atoms with Crippen LogP contribution < -0.4 is 5.56 Å². The number of hydrogen-bond acceptors (Lipinski definition) is 2. The zero-order valence-corrected chi connectivity index (χ0v) is 7.94. The van der Waals surface area contributed by atoms with Crippen molar-refractivity contribution in [2.45, 2.75) is 13.0 Å². The Balaban J connectivity index is 3.36. The second-order valence-electron chi connectivity index (χ2n) is 2.32. The van der Waals surface area contributed by atoms with Crippen molar-refractivity contribution in [2.24, 2.45) is 0 Å². The Kier molecular flexibility index (Phi) is 3.16. The van der Waals surface area contributed by atoms with E-state index in [1.165, 1.54) is 0 Å². The Bertz CT molecular complexity index is 364. The van der Waals surface area contributed by atoms with Crippen molar-refractivity contribution in [3.8, 4) is 0 Å². The fourth-order valence-electron chi connectivity index (χ4n) is 0.868. The zero-order valence-electron chi connectivity index (χ0n) is 6.35. The summed E-state index contributed by atoms with van der Waals surface area (Å²) >= 11 is 2.83. The summed E-state index contributed by atoms with van der Waals surface area (Å²) in [5, 5.41) is 8.71. The molecule has 6 heteroatoms. The maximum absolute atomic E-state index is 12.2. The average Bonchev–Trinajstić information content (AvgIpc) is 2.04. The molecule has 0 aliphatic carbocycles. The minimum absolute atomic E-state index is 0.0336. The lowest BCUT2D eigenvalue weighted by Crippen LogP contribution is -2.14. The van der Waals surface area contributed by atoms with Gasteiger partial charge in [-0.25, -0.2) is 8.78 Å². The van der Waals surface area contributed by atoms with Gasteiger partial charge in [-0.1, -0.05) is 0 Å². The largest absolute Gasteiger partial charge is 0.391 e. The van der Waals surface area contributed by atoms with Crippen LogP contribution in [0.15, 0.2) is 15.5 Å². The van der Waals surface area contributed by atoms with Crippen LogP contribution >= 0.6 is 15.9 Å². The van der Waals surface area contributed by atoms with E-state index in [-0.39, 0.29) is 15.6 Å². The lowest BCUT2D eigenvalue weighted by Gasteiger charge is -2.05. The van der Waals surface area contributed by atoms with Gasteiger partial charge in [-0.2, -0.15) is 0 Å². The normalized spacial score (nSPS) is 10.8. The number of H-pyrrole nitrogens is 1. The number of pyridine rings is 1. The minimum Gasteiger partial charge on any atom is -0.391 e. The average molecular weight is 254 g/mol. The molecule has 1 aromatic rings. The van der Waals surface area contributed by atoms with Crippen LogP contribution in [-0.4, -0.2) is 10.1 Å². The molecule has 1 heterocycles. The molecule has 0 aliphatic rings. The minimum atomic E-state index is -2.68. The molecule has 0 bridgehead atoms. The van der Waals surface area contributed by atoms with Crippen molar-refractivity contribution >= 4 is 15.9 Å². The smallest absolute Gasteiger partial charge is 0.266 e. The summed E-state index contributed by atoms with van der Waals surface area (Å²) in [7, 11) is 0. The standard InChI is InChI=1S/C7H6BrF2NO2/c8-5-3(6(9)10)1-11-7(13)4(5)2-12/h1,6,12H,2H2,(H,11,13). The lowest BCUT2D eigenvalue weighted by molar-refractivity contribution is 0.149. The number of rotatable bonds is 2. The Hall–Kier alpha value is -0.750. The van der Waals surface area contributed by atoms with Gasteiger partial charge < -0.3 is 10.1 Å². The van der Waals surface area contributed by atoms with E-state index in [2.05, 4.69) is 20.9 Å². The third kappa shape index (κ3) is 1.94. The second-order valence-corrected chi connectivity index (χ2v) is 3.12. The first-order chi connectivity index (χ1) is 6.07. The lowest BCUT2D eigenvalue weighted by atomic mass is 10.2. The van der Waals surface area contributed by atoms with Gasteiger partial charge in [0.25, 0.3) is 12.0 Å². The van der Waals surface area contributed by atoms with Crippen LogP contribution in [0.25, 0.3) is 0 Å². The highest BCUT2D eigenvalue weighted by atomic mass is 79.9. The molecule has 1 aromatic heterocycles. The van der Waals surface area contributed by atoms with Crippen molar-refractivity contribution in [1.82, 2.24) is 4.98 Å². The number of aromatic amines is 1. The molecule has 3 nitrogen and oxygen atoms in total. The van der Waals surface area contributed by atoms with Crippen LogP contribution in [0.5, 0.6) is 0 Å². The van der Waals surface area contributed by atoms with Crippen LogP contribution in [0.1, 0.15) is 17.6 Å². The first-order valence-electron chi connectivity index (χ1n) is 3.37. The number of alkyl halides is 2. The summed E-state index contributed by atoms with van der Waals surface area (Å²) < 4.78 is 24.5. The van der Waals surface area contributed by atoms with E-state index in [0.717, 1.165) is 6.20 Å². The van der Waals surface area contributed by atoms with E-state index in [1.807, 2.05) is 0 Å². The van der Waals surface area contributed by atoms with Gasteiger partial charge in [0.05, 0.1) is 12.2 Å². The molecule has 72 valence electrons. The quantitative estimate of drug-likeness (QED) is 0.841.